The molecule has 0 fully saturated rings. The molecule has 8 heteroatoms. The molecule has 5 nitrogen and oxygen atoms in total. The summed E-state index contributed by atoms with van der Waals surface area (Å²) in [5.41, 5.74) is 1.39. The summed E-state index contributed by atoms with van der Waals surface area (Å²) in [7, 11) is 0. The van der Waals surface area contributed by atoms with Crippen LogP contribution >= 0.6 is 0 Å². The Hall–Kier alpha value is -3.81. The van der Waals surface area contributed by atoms with E-state index in [1.165, 1.54) is 24.5 Å². The van der Waals surface area contributed by atoms with Gasteiger partial charge < -0.3 is 15.1 Å². The number of para-hydroxylation sites is 1. The highest BCUT2D eigenvalue weighted by atomic mass is 19.4. The lowest BCUT2D eigenvalue weighted by Crippen LogP contribution is -2.34. The van der Waals surface area contributed by atoms with Crippen molar-refractivity contribution in [2.45, 2.75) is 12.6 Å². The largest absolute Gasteiger partial charge is 0.464 e. The number of amides is 2. The molecule has 0 unspecified atom stereocenters. The Morgan fingerprint density at radius 3 is 2.48 bits per heavy atom. The van der Waals surface area contributed by atoms with Crippen molar-refractivity contribution in [3.8, 4) is 0 Å². The molecule has 2 amide bonds. The predicted octanol–water partition coefficient (Wildman–Crippen LogP) is 5.06. The predicted molar refractivity (Wildman–Crippen MR) is 111 cm³/mol. The maximum Gasteiger partial charge on any atom is 0.405 e. The van der Waals surface area contributed by atoms with Gasteiger partial charge in [0, 0.05) is 10.9 Å². The SMILES string of the molecule is O=C(Cc1coc2ccc3ccccc3c12)Nc1ccccc1C(=O)NCC(F)(F)F. The summed E-state index contributed by atoms with van der Waals surface area (Å²) in [6.07, 6.45) is -3.04. The molecule has 31 heavy (non-hydrogen) atoms. The highest BCUT2D eigenvalue weighted by Gasteiger charge is 2.28. The fourth-order valence-corrected chi connectivity index (χ4v) is 3.44. The number of anilines is 1. The van der Waals surface area contributed by atoms with Crippen molar-refractivity contribution in [3.63, 3.8) is 0 Å². The molecule has 4 rings (SSSR count). The van der Waals surface area contributed by atoms with E-state index in [4.69, 9.17) is 4.42 Å². The average molecular weight is 426 g/mol. The Labute approximate surface area is 174 Å². The molecule has 0 aliphatic rings. The Bertz CT molecular complexity index is 1280. The van der Waals surface area contributed by atoms with Crippen LogP contribution in [0.2, 0.25) is 0 Å². The molecule has 0 spiro atoms. The number of fused-ring (bicyclic) bond motifs is 3. The normalized spacial score (nSPS) is 11.6. The van der Waals surface area contributed by atoms with Gasteiger partial charge in [-0.25, -0.2) is 0 Å². The number of benzene rings is 3. The van der Waals surface area contributed by atoms with E-state index in [0.29, 0.717) is 11.1 Å². The van der Waals surface area contributed by atoms with Crippen molar-refractivity contribution in [2.24, 2.45) is 0 Å². The molecule has 0 aliphatic heterocycles. The molecule has 0 saturated heterocycles. The lowest BCUT2D eigenvalue weighted by atomic mass is 10.0. The van der Waals surface area contributed by atoms with Crippen LogP contribution in [0.5, 0.6) is 0 Å². The number of furan rings is 1. The van der Waals surface area contributed by atoms with Crippen molar-refractivity contribution >= 4 is 39.2 Å². The highest BCUT2D eigenvalue weighted by Crippen LogP contribution is 2.30. The molecule has 0 bridgehead atoms. The number of halogens is 3. The van der Waals surface area contributed by atoms with Gasteiger partial charge in [-0.05, 0) is 29.0 Å². The summed E-state index contributed by atoms with van der Waals surface area (Å²) in [4.78, 5) is 24.8. The second-order valence-corrected chi connectivity index (χ2v) is 6.99. The minimum atomic E-state index is -4.53. The maximum atomic E-state index is 12.7. The summed E-state index contributed by atoms with van der Waals surface area (Å²) in [5.74, 6) is -1.35. The van der Waals surface area contributed by atoms with E-state index < -0.39 is 24.5 Å². The maximum absolute atomic E-state index is 12.7. The zero-order chi connectivity index (χ0) is 22.0. The van der Waals surface area contributed by atoms with Gasteiger partial charge in [0.1, 0.15) is 12.1 Å². The first kappa shape index (κ1) is 20.5. The number of rotatable bonds is 5. The topological polar surface area (TPSA) is 71.3 Å². The number of carbonyl (C=O) groups is 2. The lowest BCUT2D eigenvalue weighted by molar-refractivity contribution is -0.123. The van der Waals surface area contributed by atoms with Crippen molar-refractivity contribution < 1.29 is 27.2 Å². The van der Waals surface area contributed by atoms with Gasteiger partial charge in [0.2, 0.25) is 5.91 Å². The van der Waals surface area contributed by atoms with E-state index in [2.05, 4.69) is 5.32 Å². The molecule has 0 radical (unpaired) electrons. The quantitative estimate of drug-likeness (QED) is 0.469. The smallest absolute Gasteiger partial charge is 0.405 e. The van der Waals surface area contributed by atoms with Crippen molar-refractivity contribution in [1.29, 1.82) is 0 Å². The molecule has 2 N–H and O–H groups in total. The zero-order valence-corrected chi connectivity index (χ0v) is 16.1. The first-order valence-electron chi connectivity index (χ1n) is 9.43. The van der Waals surface area contributed by atoms with E-state index >= 15 is 0 Å². The first-order valence-corrected chi connectivity index (χ1v) is 9.43. The van der Waals surface area contributed by atoms with Gasteiger partial charge in [0.25, 0.3) is 5.91 Å². The van der Waals surface area contributed by atoms with Crippen LogP contribution in [0.1, 0.15) is 15.9 Å². The van der Waals surface area contributed by atoms with Gasteiger partial charge in [-0.15, -0.1) is 0 Å². The molecule has 4 aromatic rings. The third-order valence-electron chi connectivity index (χ3n) is 4.79. The van der Waals surface area contributed by atoms with E-state index in [9.17, 15) is 22.8 Å². The minimum absolute atomic E-state index is 0.0283. The van der Waals surface area contributed by atoms with Gasteiger partial charge in [-0.1, -0.05) is 42.5 Å². The number of nitrogens with one attached hydrogen (secondary N) is 2. The summed E-state index contributed by atoms with van der Waals surface area (Å²) in [5, 5.41) is 7.20. The number of hydrogen-bond donors (Lipinski definition) is 2. The third-order valence-corrected chi connectivity index (χ3v) is 4.79. The van der Waals surface area contributed by atoms with Crippen LogP contribution in [0.3, 0.4) is 0 Å². The van der Waals surface area contributed by atoms with Crippen molar-refractivity contribution in [2.75, 3.05) is 11.9 Å². The van der Waals surface area contributed by atoms with Gasteiger partial charge in [0.05, 0.1) is 23.9 Å². The van der Waals surface area contributed by atoms with Crippen LogP contribution in [-0.2, 0) is 11.2 Å². The van der Waals surface area contributed by atoms with Crippen LogP contribution in [0, 0.1) is 0 Å². The van der Waals surface area contributed by atoms with E-state index in [1.54, 1.807) is 6.07 Å². The van der Waals surface area contributed by atoms with E-state index in [1.807, 2.05) is 41.7 Å². The van der Waals surface area contributed by atoms with Gasteiger partial charge in [-0.2, -0.15) is 13.2 Å². The lowest BCUT2D eigenvalue weighted by Gasteiger charge is -2.12. The number of carbonyl (C=O) groups excluding carboxylic acids is 2. The van der Waals surface area contributed by atoms with Crippen LogP contribution in [0.25, 0.3) is 21.7 Å². The van der Waals surface area contributed by atoms with Crippen molar-refractivity contribution in [3.05, 3.63) is 78.1 Å². The Balaban J connectivity index is 1.55. The first-order chi connectivity index (χ1) is 14.8. The van der Waals surface area contributed by atoms with E-state index in [-0.39, 0.29) is 17.7 Å². The molecule has 0 aliphatic carbocycles. The molecular formula is C23H17F3N2O3. The Morgan fingerprint density at radius 2 is 1.68 bits per heavy atom. The third kappa shape index (κ3) is 4.53. The molecular weight excluding hydrogens is 409 g/mol. The Morgan fingerprint density at radius 1 is 0.935 bits per heavy atom. The summed E-state index contributed by atoms with van der Waals surface area (Å²) >= 11 is 0. The summed E-state index contributed by atoms with van der Waals surface area (Å²) in [6.45, 7) is -1.46. The standard InChI is InChI=1S/C23H17F3N2O3/c24-23(25,26)13-27-22(30)17-7-3-4-8-18(17)28-20(29)11-15-12-31-19-10-9-14-5-1-2-6-16(14)21(15)19/h1-10,12H,11,13H2,(H,27,30)(H,28,29). The van der Waals surface area contributed by atoms with Gasteiger partial charge in [-0.3, -0.25) is 9.59 Å². The second kappa shape index (κ2) is 8.14. The summed E-state index contributed by atoms with van der Waals surface area (Å²) < 4.78 is 42.8. The van der Waals surface area contributed by atoms with Crippen LogP contribution in [0.4, 0.5) is 18.9 Å². The molecule has 0 atom stereocenters. The van der Waals surface area contributed by atoms with Crippen LogP contribution in [-0.4, -0.2) is 24.5 Å². The second-order valence-electron chi connectivity index (χ2n) is 6.99. The van der Waals surface area contributed by atoms with Gasteiger partial charge >= 0.3 is 6.18 Å². The molecule has 3 aromatic carbocycles. The van der Waals surface area contributed by atoms with Gasteiger partial charge in [0.15, 0.2) is 0 Å². The highest BCUT2D eigenvalue weighted by molar-refractivity contribution is 6.09. The summed E-state index contributed by atoms with van der Waals surface area (Å²) in [6, 6.07) is 17.4. The zero-order valence-electron chi connectivity index (χ0n) is 16.1. The number of hydrogen-bond acceptors (Lipinski definition) is 3. The van der Waals surface area contributed by atoms with Crippen LogP contribution < -0.4 is 10.6 Å². The molecule has 0 saturated carbocycles. The van der Waals surface area contributed by atoms with E-state index in [0.717, 1.165) is 16.2 Å². The Kier molecular flexibility index (Phi) is 5.37. The fraction of sp³-hybridized carbons (Fsp3) is 0.130. The monoisotopic (exact) mass is 426 g/mol. The average Bonchev–Trinajstić information content (AvgIpc) is 3.15. The number of alkyl halides is 3. The molecule has 1 heterocycles. The minimum Gasteiger partial charge on any atom is -0.464 e. The molecule has 1 aromatic heterocycles. The van der Waals surface area contributed by atoms with Crippen LogP contribution in [0.15, 0.2) is 71.3 Å². The van der Waals surface area contributed by atoms with Crippen molar-refractivity contribution in [1.82, 2.24) is 5.32 Å². The molecule has 158 valence electrons. The fourth-order valence-electron chi connectivity index (χ4n) is 3.44.